The average molecular weight is 345 g/mol. The first kappa shape index (κ1) is 16.8. The molecule has 25 heavy (non-hydrogen) atoms. The molecule has 0 aliphatic rings. The number of benzene rings is 1. The van der Waals surface area contributed by atoms with Crippen LogP contribution in [-0.4, -0.2) is 42.7 Å². The lowest BCUT2D eigenvalue weighted by Crippen LogP contribution is -2.11. The van der Waals surface area contributed by atoms with E-state index in [0.29, 0.717) is 12.2 Å². The van der Waals surface area contributed by atoms with E-state index in [1.54, 1.807) is 18.3 Å². The van der Waals surface area contributed by atoms with Crippen LogP contribution in [0, 0.1) is 11.6 Å². The van der Waals surface area contributed by atoms with Gasteiger partial charge in [-0.15, -0.1) is 10.2 Å². The Kier molecular flexibility index (Phi) is 4.85. The molecule has 1 N–H and O–H groups in total. The molecule has 0 radical (unpaired) electrons. The first-order valence-electron chi connectivity index (χ1n) is 7.35. The number of Topliss-reactive ketones (excluding diaryl/α,β-unsaturated/α-hetero) is 1. The van der Waals surface area contributed by atoms with Crippen LogP contribution in [-0.2, 0) is 13.0 Å². The molecule has 0 aliphatic heterocycles. The van der Waals surface area contributed by atoms with Crippen molar-refractivity contribution in [2.45, 2.75) is 13.0 Å². The maximum Gasteiger partial charge on any atom is 0.188 e. The van der Waals surface area contributed by atoms with Crippen LogP contribution in [0.5, 0.6) is 0 Å². The summed E-state index contributed by atoms with van der Waals surface area (Å²) >= 11 is 0. The van der Waals surface area contributed by atoms with Crippen LogP contribution in [0.25, 0.3) is 0 Å². The molecule has 3 rings (SSSR count). The second-order valence-electron chi connectivity index (χ2n) is 5.23. The number of aliphatic hydroxyl groups is 1. The Morgan fingerprint density at radius 2 is 1.96 bits per heavy atom. The van der Waals surface area contributed by atoms with Crippen molar-refractivity contribution in [3.63, 3.8) is 0 Å². The smallest absolute Gasteiger partial charge is 0.188 e. The third-order valence-corrected chi connectivity index (χ3v) is 3.47. The first-order valence-corrected chi connectivity index (χ1v) is 7.35. The number of hydrogen-bond donors (Lipinski definition) is 1. The molecule has 0 aliphatic carbocycles. The summed E-state index contributed by atoms with van der Waals surface area (Å²) in [7, 11) is 0. The molecule has 0 unspecified atom stereocenters. The van der Waals surface area contributed by atoms with Gasteiger partial charge in [0.1, 0.15) is 18.2 Å². The highest BCUT2D eigenvalue weighted by molar-refractivity contribution is 5.96. The van der Waals surface area contributed by atoms with E-state index in [1.807, 2.05) is 6.07 Å². The molecular formula is C16H13F2N5O2. The van der Waals surface area contributed by atoms with Crippen LogP contribution in [0.3, 0.4) is 0 Å². The number of hydrogen-bond acceptors (Lipinski definition) is 6. The van der Waals surface area contributed by atoms with Gasteiger partial charge in [-0.1, -0.05) is 6.07 Å². The molecule has 2 heterocycles. The van der Waals surface area contributed by atoms with Gasteiger partial charge < -0.3 is 5.11 Å². The zero-order valence-corrected chi connectivity index (χ0v) is 12.9. The third kappa shape index (κ3) is 3.89. The van der Waals surface area contributed by atoms with Gasteiger partial charge in [-0.25, -0.2) is 8.78 Å². The lowest BCUT2D eigenvalue weighted by atomic mass is 10.1. The number of halogens is 2. The van der Waals surface area contributed by atoms with Crippen molar-refractivity contribution in [1.82, 2.24) is 25.2 Å². The topological polar surface area (TPSA) is 93.8 Å². The van der Waals surface area contributed by atoms with Gasteiger partial charge in [0.15, 0.2) is 11.6 Å². The Morgan fingerprint density at radius 1 is 1.20 bits per heavy atom. The summed E-state index contributed by atoms with van der Waals surface area (Å²) in [5, 5.41) is 20.4. The quantitative estimate of drug-likeness (QED) is 0.674. The largest absolute Gasteiger partial charge is 0.388 e. The number of ketones is 1. The van der Waals surface area contributed by atoms with E-state index in [1.165, 1.54) is 0 Å². The first-order chi connectivity index (χ1) is 12.1. The molecule has 0 amide bonds. The summed E-state index contributed by atoms with van der Waals surface area (Å²) in [6.45, 7) is -1.10. The molecule has 0 spiro atoms. The highest BCUT2D eigenvalue weighted by Gasteiger charge is 2.16. The minimum absolute atomic E-state index is 0.233. The number of aliphatic hydroxyl groups excluding tert-OH is 1. The van der Waals surface area contributed by atoms with E-state index >= 15 is 0 Å². The van der Waals surface area contributed by atoms with Gasteiger partial charge in [-0.05, 0) is 29.5 Å². The number of tetrazole rings is 1. The minimum atomic E-state index is -0.916. The van der Waals surface area contributed by atoms with Crippen LogP contribution in [0.2, 0.25) is 0 Å². The summed E-state index contributed by atoms with van der Waals surface area (Å²) in [4.78, 5) is 16.5. The highest BCUT2D eigenvalue weighted by atomic mass is 19.1. The average Bonchev–Trinajstić information content (AvgIpc) is 3.05. The van der Waals surface area contributed by atoms with Crippen molar-refractivity contribution in [3.05, 3.63) is 70.8 Å². The molecular weight excluding hydrogens is 332 g/mol. The SMILES string of the molecule is O=C(CO)c1cc(F)c(Cn2nnc(Cc3ccccn3)n2)c(F)c1. The van der Waals surface area contributed by atoms with E-state index in [4.69, 9.17) is 5.11 Å². The summed E-state index contributed by atoms with van der Waals surface area (Å²) in [5.74, 6) is -2.23. The fraction of sp³-hybridized carbons (Fsp3) is 0.188. The standard InChI is InChI=1S/C16H13F2N5O2/c17-13-5-10(15(25)9-24)6-14(18)12(13)8-23-21-16(20-22-23)7-11-3-1-2-4-19-11/h1-6,24H,7-9H2. The third-order valence-electron chi connectivity index (χ3n) is 3.47. The molecule has 0 saturated heterocycles. The molecule has 2 aromatic heterocycles. The lowest BCUT2D eigenvalue weighted by Gasteiger charge is -2.06. The van der Waals surface area contributed by atoms with Gasteiger partial charge in [0.2, 0.25) is 0 Å². The maximum atomic E-state index is 14.1. The molecule has 0 bridgehead atoms. The molecule has 1 aromatic carbocycles. The van der Waals surface area contributed by atoms with Crippen LogP contribution in [0.15, 0.2) is 36.5 Å². The van der Waals surface area contributed by atoms with Crippen molar-refractivity contribution in [1.29, 1.82) is 0 Å². The fourth-order valence-electron chi connectivity index (χ4n) is 2.23. The van der Waals surface area contributed by atoms with E-state index < -0.39 is 24.0 Å². The monoisotopic (exact) mass is 345 g/mol. The van der Waals surface area contributed by atoms with Gasteiger partial charge in [0.25, 0.3) is 0 Å². The predicted molar refractivity (Wildman–Crippen MR) is 81.7 cm³/mol. The molecule has 7 nitrogen and oxygen atoms in total. The van der Waals surface area contributed by atoms with Crippen LogP contribution in [0.1, 0.15) is 27.4 Å². The number of rotatable bonds is 6. The Morgan fingerprint density at radius 3 is 2.60 bits per heavy atom. The minimum Gasteiger partial charge on any atom is -0.388 e. The van der Waals surface area contributed by atoms with Crippen molar-refractivity contribution in [3.8, 4) is 0 Å². The summed E-state index contributed by atoms with van der Waals surface area (Å²) < 4.78 is 28.1. The number of pyridine rings is 1. The predicted octanol–water partition coefficient (Wildman–Crippen LogP) is 1.16. The number of aromatic nitrogens is 5. The summed E-state index contributed by atoms with van der Waals surface area (Å²) in [6, 6.07) is 7.17. The van der Waals surface area contributed by atoms with Crippen LogP contribution < -0.4 is 0 Å². The van der Waals surface area contributed by atoms with Gasteiger partial charge in [0, 0.05) is 23.0 Å². The Hall–Kier alpha value is -3.07. The van der Waals surface area contributed by atoms with Crippen molar-refractivity contribution >= 4 is 5.78 Å². The number of carbonyl (C=O) groups excluding carboxylic acids is 1. The van der Waals surface area contributed by atoms with E-state index in [-0.39, 0.29) is 17.7 Å². The second-order valence-corrected chi connectivity index (χ2v) is 5.23. The van der Waals surface area contributed by atoms with E-state index in [0.717, 1.165) is 22.6 Å². The van der Waals surface area contributed by atoms with Crippen LogP contribution >= 0.6 is 0 Å². The van der Waals surface area contributed by atoms with Gasteiger partial charge >= 0.3 is 0 Å². The van der Waals surface area contributed by atoms with Crippen LogP contribution in [0.4, 0.5) is 8.78 Å². The molecule has 0 fully saturated rings. The number of nitrogens with zero attached hydrogens (tertiary/aromatic N) is 5. The zero-order chi connectivity index (χ0) is 17.8. The molecule has 0 atom stereocenters. The molecule has 128 valence electrons. The van der Waals surface area contributed by atoms with Gasteiger partial charge in [-0.3, -0.25) is 9.78 Å². The zero-order valence-electron chi connectivity index (χ0n) is 12.9. The van der Waals surface area contributed by atoms with Gasteiger partial charge in [0.05, 0.1) is 13.0 Å². The van der Waals surface area contributed by atoms with E-state index in [2.05, 4.69) is 20.4 Å². The lowest BCUT2D eigenvalue weighted by molar-refractivity contribution is 0.0902. The molecule has 9 heteroatoms. The fourth-order valence-corrected chi connectivity index (χ4v) is 2.23. The van der Waals surface area contributed by atoms with Crippen molar-refractivity contribution < 1.29 is 18.7 Å². The number of carbonyl (C=O) groups is 1. The Balaban J connectivity index is 1.78. The normalized spacial score (nSPS) is 10.8. The van der Waals surface area contributed by atoms with E-state index in [9.17, 15) is 13.6 Å². The van der Waals surface area contributed by atoms with Crippen molar-refractivity contribution in [2.75, 3.05) is 6.61 Å². The molecule has 0 saturated carbocycles. The Labute approximate surface area is 140 Å². The molecule has 3 aromatic rings. The maximum absolute atomic E-state index is 14.1. The summed E-state index contributed by atoms with van der Waals surface area (Å²) in [6.07, 6.45) is 1.98. The Bertz CT molecular complexity index is 876. The van der Waals surface area contributed by atoms with Crippen molar-refractivity contribution in [2.24, 2.45) is 0 Å². The van der Waals surface area contributed by atoms with Gasteiger partial charge in [-0.2, -0.15) is 4.80 Å². The summed E-state index contributed by atoms with van der Waals surface area (Å²) in [5.41, 5.74) is 0.214. The second kappa shape index (κ2) is 7.22. The highest BCUT2D eigenvalue weighted by Crippen LogP contribution is 2.17.